The van der Waals surface area contributed by atoms with Gasteiger partial charge in [0.15, 0.2) is 5.78 Å². The second-order valence-electron chi connectivity index (χ2n) is 8.64. The van der Waals surface area contributed by atoms with Crippen molar-refractivity contribution in [3.05, 3.63) is 89.7 Å². The maximum absolute atomic E-state index is 13.0. The minimum absolute atomic E-state index is 0.0837. The number of rotatable bonds is 5. The Morgan fingerprint density at radius 2 is 1.58 bits per heavy atom. The summed E-state index contributed by atoms with van der Waals surface area (Å²) in [7, 11) is 0. The second-order valence-corrected chi connectivity index (χ2v) is 8.64. The first kappa shape index (κ1) is 21.1. The van der Waals surface area contributed by atoms with Crippen molar-refractivity contribution in [2.75, 3.05) is 13.1 Å². The van der Waals surface area contributed by atoms with E-state index in [1.165, 1.54) is 0 Å². The van der Waals surface area contributed by atoms with Gasteiger partial charge >= 0.3 is 0 Å². The highest BCUT2D eigenvalue weighted by molar-refractivity contribution is 5.98. The lowest BCUT2D eigenvalue weighted by atomic mass is 9.95. The third-order valence-corrected chi connectivity index (χ3v) is 6.55. The molecule has 33 heavy (non-hydrogen) atoms. The predicted molar refractivity (Wildman–Crippen MR) is 130 cm³/mol. The fraction of sp³-hybridized carbons (Fsp3) is 0.250. The Balaban J connectivity index is 1.24. The van der Waals surface area contributed by atoms with Crippen LogP contribution >= 0.6 is 0 Å². The van der Waals surface area contributed by atoms with Crippen molar-refractivity contribution in [1.29, 1.82) is 0 Å². The Morgan fingerprint density at radius 1 is 0.909 bits per heavy atom. The molecule has 4 aromatic rings. The number of carbonyl (C=O) groups is 2. The number of H-pyrrole nitrogens is 1. The highest BCUT2D eigenvalue weighted by atomic mass is 16.2. The van der Waals surface area contributed by atoms with Crippen LogP contribution in [0.1, 0.15) is 58.6 Å². The molecule has 2 heterocycles. The molecule has 1 saturated heterocycles. The summed E-state index contributed by atoms with van der Waals surface area (Å²) in [5, 5.41) is 0. The van der Waals surface area contributed by atoms with Crippen LogP contribution in [-0.2, 0) is 0 Å². The fourth-order valence-electron chi connectivity index (χ4n) is 4.57. The van der Waals surface area contributed by atoms with Crippen LogP contribution in [0.25, 0.3) is 22.2 Å². The van der Waals surface area contributed by atoms with Gasteiger partial charge in [-0.2, -0.15) is 0 Å². The average molecular weight is 438 g/mol. The van der Waals surface area contributed by atoms with E-state index in [0.29, 0.717) is 19.5 Å². The lowest BCUT2D eigenvalue weighted by Crippen LogP contribution is -2.38. The summed E-state index contributed by atoms with van der Waals surface area (Å²) >= 11 is 0. The first-order valence-electron chi connectivity index (χ1n) is 11.6. The number of nitrogens with one attached hydrogen (secondary N) is 1. The molecule has 1 aliphatic rings. The lowest BCUT2D eigenvalue weighted by molar-refractivity contribution is 0.0711. The van der Waals surface area contributed by atoms with E-state index >= 15 is 0 Å². The zero-order valence-corrected chi connectivity index (χ0v) is 18.8. The molecule has 1 amide bonds. The van der Waals surface area contributed by atoms with Crippen LogP contribution in [0.2, 0.25) is 0 Å². The van der Waals surface area contributed by atoms with Crippen LogP contribution in [0.5, 0.6) is 0 Å². The number of hydrogen-bond acceptors (Lipinski definition) is 3. The zero-order chi connectivity index (χ0) is 22.8. The van der Waals surface area contributed by atoms with Gasteiger partial charge < -0.3 is 9.88 Å². The standard InChI is InChI=1S/C28H27N3O2/c1-2-26(32)23-12-13-24-25(18-23)30-27(29-24)21-14-16-31(17-15-21)28(33)22-10-8-20(9-11-22)19-6-4-3-5-7-19/h3-13,18,21H,2,14-17H2,1H3,(H,29,30). The number of aromatic nitrogens is 2. The number of imidazole rings is 1. The van der Waals surface area contributed by atoms with E-state index in [1.807, 2.05) is 72.5 Å². The molecule has 0 radical (unpaired) electrons. The van der Waals surface area contributed by atoms with Crippen molar-refractivity contribution in [2.45, 2.75) is 32.1 Å². The van der Waals surface area contributed by atoms with Crippen LogP contribution in [0.15, 0.2) is 72.8 Å². The number of hydrogen-bond donors (Lipinski definition) is 1. The maximum Gasteiger partial charge on any atom is 0.253 e. The highest BCUT2D eigenvalue weighted by Gasteiger charge is 2.26. The van der Waals surface area contributed by atoms with E-state index in [9.17, 15) is 9.59 Å². The molecule has 0 unspecified atom stereocenters. The van der Waals surface area contributed by atoms with Crippen LogP contribution in [0.3, 0.4) is 0 Å². The number of benzene rings is 3. The topological polar surface area (TPSA) is 66.1 Å². The summed E-state index contributed by atoms with van der Waals surface area (Å²) in [6, 6.07) is 23.7. The average Bonchev–Trinajstić information content (AvgIpc) is 3.32. The van der Waals surface area contributed by atoms with Crippen LogP contribution in [-0.4, -0.2) is 39.6 Å². The largest absolute Gasteiger partial charge is 0.342 e. The molecule has 5 heteroatoms. The van der Waals surface area contributed by atoms with Crippen LogP contribution < -0.4 is 0 Å². The van der Waals surface area contributed by atoms with Crippen molar-refractivity contribution in [1.82, 2.24) is 14.9 Å². The molecule has 5 rings (SSSR count). The molecule has 0 aliphatic carbocycles. The van der Waals surface area contributed by atoms with Crippen LogP contribution in [0.4, 0.5) is 0 Å². The summed E-state index contributed by atoms with van der Waals surface area (Å²) in [4.78, 5) is 35.1. The third-order valence-electron chi connectivity index (χ3n) is 6.55. The molecule has 0 atom stereocenters. The van der Waals surface area contributed by atoms with E-state index in [-0.39, 0.29) is 17.6 Å². The summed E-state index contributed by atoms with van der Waals surface area (Å²) in [5.74, 6) is 1.45. The van der Waals surface area contributed by atoms with Gasteiger partial charge in [0.25, 0.3) is 5.91 Å². The first-order chi connectivity index (χ1) is 16.1. The summed E-state index contributed by atoms with van der Waals surface area (Å²) in [5.41, 5.74) is 5.49. The molecule has 0 saturated carbocycles. The molecular weight excluding hydrogens is 410 g/mol. The highest BCUT2D eigenvalue weighted by Crippen LogP contribution is 2.29. The zero-order valence-electron chi connectivity index (χ0n) is 18.8. The molecule has 1 N–H and O–H groups in total. The molecule has 166 valence electrons. The van der Waals surface area contributed by atoms with Gasteiger partial charge in [0.2, 0.25) is 0 Å². The smallest absolute Gasteiger partial charge is 0.253 e. The molecule has 1 aromatic heterocycles. The molecule has 0 spiro atoms. The molecule has 5 nitrogen and oxygen atoms in total. The van der Waals surface area contributed by atoms with E-state index in [0.717, 1.165) is 52.0 Å². The second kappa shape index (κ2) is 9.02. The normalized spacial score (nSPS) is 14.5. The Bertz CT molecular complexity index is 1280. The van der Waals surface area contributed by atoms with Crippen molar-refractivity contribution in [2.24, 2.45) is 0 Å². The number of fused-ring (bicyclic) bond motifs is 1. The Labute approximate surface area is 193 Å². The Kier molecular flexibility index (Phi) is 5.78. The monoisotopic (exact) mass is 437 g/mol. The maximum atomic E-state index is 13.0. The number of aromatic amines is 1. The number of Topliss-reactive ketones (excluding diaryl/α,β-unsaturated/α-hetero) is 1. The number of nitrogens with zero attached hydrogens (tertiary/aromatic N) is 2. The van der Waals surface area contributed by atoms with Gasteiger partial charge in [0.05, 0.1) is 11.0 Å². The van der Waals surface area contributed by atoms with Crippen molar-refractivity contribution in [3.8, 4) is 11.1 Å². The Morgan fingerprint density at radius 3 is 2.27 bits per heavy atom. The quantitative estimate of drug-likeness (QED) is 0.399. The Hall–Kier alpha value is -3.73. The number of likely N-dealkylation sites (tertiary alicyclic amines) is 1. The van der Waals surface area contributed by atoms with E-state index < -0.39 is 0 Å². The van der Waals surface area contributed by atoms with Gasteiger partial charge in [-0.25, -0.2) is 4.98 Å². The SMILES string of the molecule is CCC(=O)c1ccc2nc(C3CCN(C(=O)c4ccc(-c5ccccc5)cc4)CC3)[nH]c2c1. The van der Waals surface area contributed by atoms with Gasteiger partial charge in [-0.05, 0) is 54.3 Å². The summed E-state index contributed by atoms with van der Waals surface area (Å²) in [6.45, 7) is 3.29. The van der Waals surface area contributed by atoms with Crippen molar-refractivity contribution < 1.29 is 9.59 Å². The minimum atomic E-state index is 0.0837. The summed E-state index contributed by atoms with van der Waals surface area (Å²) in [6.07, 6.45) is 2.23. The molecule has 1 aliphatic heterocycles. The first-order valence-corrected chi connectivity index (χ1v) is 11.6. The predicted octanol–water partition coefficient (Wildman–Crippen LogP) is 5.84. The molecule has 3 aromatic carbocycles. The number of amides is 1. The fourth-order valence-corrected chi connectivity index (χ4v) is 4.57. The van der Waals surface area contributed by atoms with E-state index in [2.05, 4.69) is 17.1 Å². The number of piperidine rings is 1. The van der Waals surface area contributed by atoms with E-state index in [1.54, 1.807) is 0 Å². The lowest BCUT2D eigenvalue weighted by Gasteiger charge is -2.31. The van der Waals surface area contributed by atoms with Crippen LogP contribution in [0, 0.1) is 0 Å². The van der Waals surface area contributed by atoms with Crippen molar-refractivity contribution in [3.63, 3.8) is 0 Å². The molecule has 0 bridgehead atoms. The van der Waals surface area contributed by atoms with Gasteiger partial charge in [0.1, 0.15) is 5.82 Å². The molecular formula is C28H27N3O2. The summed E-state index contributed by atoms with van der Waals surface area (Å²) < 4.78 is 0. The van der Waals surface area contributed by atoms with Gasteiger partial charge in [-0.1, -0.05) is 49.4 Å². The molecule has 1 fully saturated rings. The van der Waals surface area contributed by atoms with Gasteiger partial charge in [-0.3, -0.25) is 9.59 Å². The number of ketones is 1. The third kappa shape index (κ3) is 4.31. The number of carbonyl (C=O) groups excluding carboxylic acids is 2. The van der Waals surface area contributed by atoms with Crippen molar-refractivity contribution >= 4 is 22.7 Å². The van der Waals surface area contributed by atoms with E-state index in [4.69, 9.17) is 4.98 Å². The van der Waals surface area contributed by atoms with Gasteiger partial charge in [0, 0.05) is 36.6 Å². The minimum Gasteiger partial charge on any atom is -0.342 e. The van der Waals surface area contributed by atoms with Gasteiger partial charge in [-0.15, -0.1) is 0 Å².